The maximum Gasteiger partial charge on any atom is 0.323 e. The largest absolute Gasteiger partial charge is 0.465 e. The highest BCUT2D eigenvalue weighted by Gasteiger charge is 2.17. The van der Waals surface area contributed by atoms with E-state index in [-0.39, 0.29) is 5.97 Å². The summed E-state index contributed by atoms with van der Waals surface area (Å²) in [6.07, 6.45) is 2.36. The van der Waals surface area contributed by atoms with Gasteiger partial charge in [0.15, 0.2) is 0 Å². The van der Waals surface area contributed by atoms with Crippen LogP contribution in [-0.2, 0) is 16.0 Å². The molecule has 0 amide bonds. The van der Waals surface area contributed by atoms with Crippen LogP contribution in [0.15, 0.2) is 28.9 Å². The quantitative estimate of drug-likeness (QED) is 0.852. The number of esters is 1. The molecule has 3 N–H and O–H groups in total. The van der Waals surface area contributed by atoms with E-state index in [0.717, 1.165) is 20.9 Å². The molecule has 0 aliphatic heterocycles. The number of fused-ring (bicyclic) bond motifs is 1. The number of nitrogens with two attached hydrogens (primary N) is 1. The van der Waals surface area contributed by atoms with Crippen molar-refractivity contribution in [3.8, 4) is 0 Å². The van der Waals surface area contributed by atoms with Gasteiger partial charge < -0.3 is 15.5 Å². The van der Waals surface area contributed by atoms with E-state index in [1.807, 2.05) is 24.4 Å². The van der Waals surface area contributed by atoms with Gasteiger partial charge in [0.1, 0.15) is 6.04 Å². The summed E-state index contributed by atoms with van der Waals surface area (Å²) in [5.74, 6) is -0.357. The third kappa shape index (κ3) is 2.73. The van der Waals surface area contributed by atoms with Crippen LogP contribution in [-0.4, -0.2) is 23.6 Å². The molecule has 0 bridgehead atoms. The van der Waals surface area contributed by atoms with Gasteiger partial charge in [0, 0.05) is 28.0 Å². The van der Waals surface area contributed by atoms with Crippen LogP contribution >= 0.6 is 15.9 Å². The lowest BCUT2D eigenvalue weighted by Gasteiger charge is -2.09. The maximum absolute atomic E-state index is 11.5. The highest BCUT2D eigenvalue weighted by atomic mass is 79.9. The number of aromatic amines is 1. The Hall–Kier alpha value is -1.33. The molecule has 1 heterocycles. The van der Waals surface area contributed by atoms with Gasteiger partial charge in [0.05, 0.1) is 6.61 Å². The van der Waals surface area contributed by atoms with E-state index in [1.54, 1.807) is 6.92 Å². The summed E-state index contributed by atoms with van der Waals surface area (Å²) in [6.45, 7) is 2.13. The minimum Gasteiger partial charge on any atom is -0.465 e. The third-order valence-corrected chi connectivity index (χ3v) is 3.25. The van der Waals surface area contributed by atoms with Gasteiger partial charge in [-0.15, -0.1) is 0 Å². The second-order valence-electron chi connectivity index (χ2n) is 4.07. The monoisotopic (exact) mass is 310 g/mol. The topological polar surface area (TPSA) is 68.1 Å². The molecule has 0 aliphatic carbocycles. The van der Waals surface area contributed by atoms with Crippen LogP contribution in [0.4, 0.5) is 0 Å². The van der Waals surface area contributed by atoms with E-state index in [9.17, 15) is 4.79 Å². The molecule has 0 fully saturated rings. The van der Waals surface area contributed by atoms with Crippen molar-refractivity contribution in [2.24, 2.45) is 5.73 Å². The van der Waals surface area contributed by atoms with Crippen molar-refractivity contribution in [1.29, 1.82) is 0 Å². The molecule has 5 heteroatoms. The Balaban J connectivity index is 2.19. The maximum atomic E-state index is 11.5. The SMILES string of the molecule is CCOC(=O)C(N)Cc1c[nH]c2cc(Br)ccc12. The van der Waals surface area contributed by atoms with Gasteiger partial charge in [0.2, 0.25) is 0 Å². The molecule has 0 aliphatic rings. The lowest BCUT2D eigenvalue weighted by molar-refractivity contribution is -0.144. The molecule has 0 saturated heterocycles. The van der Waals surface area contributed by atoms with Crippen LogP contribution in [0.1, 0.15) is 12.5 Å². The van der Waals surface area contributed by atoms with Crippen molar-refractivity contribution in [3.63, 3.8) is 0 Å². The first-order chi connectivity index (χ1) is 8.61. The number of H-pyrrole nitrogens is 1. The fourth-order valence-electron chi connectivity index (χ4n) is 1.90. The zero-order chi connectivity index (χ0) is 13.1. The number of hydrogen-bond acceptors (Lipinski definition) is 3. The highest BCUT2D eigenvalue weighted by Crippen LogP contribution is 2.23. The van der Waals surface area contributed by atoms with E-state index in [1.165, 1.54) is 0 Å². The molecular formula is C13H15BrN2O2. The number of hydrogen-bond donors (Lipinski definition) is 2. The first-order valence-corrected chi connectivity index (χ1v) is 6.59. The van der Waals surface area contributed by atoms with E-state index in [2.05, 4.69) is 20.9 Å². The van der Waals surface area contributed by atoms with Crippen molar-refractivity contribution in [1.82, 2.24) is 4.98 Å². The lowest BCUT2D eigenvalue weighted by atomic mass is 10.1. The molecular weight excluding hydrogens is 296 g/mol. The molecule has 2 aromatic rings. The van der Waals surface area contributed by atoms with Gasteiger partial charge in [0.25, 0.3) is 0 Å². The standard InChI is InChI=1S/C13H15BrN2O2/c1-2-18-13(17)11(15)5-8-7-16-12-6-9(14)3-4-10(8)12/h3-4,6-7,11,16H,2,5,15H2,1H3. The molecule has 18 heavy (non-hydrogen) atoms. The lowest BCUT2D eigenvalue weighted by Crippen LogP contribution is -2.34. The van der Waals surface area contributed by atoms with Gasteiger partial charge in [-0.1, -0.05) is 22.0 Å². The first-order valence-electron chi connectivity index (χ1n) is 5.79. The summed E-state index contributed by atoms with van der Waals surface area (Å²) in [6, 6.07) is 5.35. The second kappa shape index (κ2) is 5.54. The number of halogens is 1. The number of rotatable bonds is 4. The van der Waals surface area contributed by atoms with Crippen molar-refractivity contribution in [2.75, 3.05) is 6.61 Å². The Morgan fingerprint density at radius 1 is 1.56 bits per heavy atom. The minimum absolute atomic E-state index is 0.355. The Morgan fingerprint density at radius 3 is 3.06 bits per heavy atom. The van der Waals surface area contributed by atoms with Crippen LogP contribution < -0.4 is 5.73 Å². The summed E-state index contributed by atoms with van der Waals surface area (Å²) >= 11 is 3.42. The molecule has 2 rings (SSSR count). The molecule has 1 unspecified atom stereocenters. The van der Waals surface area contributed by atoms with E-state index < -0.39 is 6.04 Å². The molecule has 96 valence electrons. The van der Waals surface area contributed by atoms with Crippen LogP contribution in [0.3, 0.4) is 0 Å². The zero-order valence-electron chi connectivity index (χ0n) is 10.1. The van der Waals surface area contributed by atoms with Gasteiger partial charge in [-0.2, -0.15) is 0 Å². The number of carbonyl (C=O) groups is 1. The molecule has 0 spiro atoms. The Morgan fingerprint density at radius 2 is 2.33 bits per heavy atom. The Bertz CT molecular complexity index is 565. The normalized spacial score (nSPS) is 12.6. The van der Waals surface area contributed by atoms with Crippen molar-refractivity contribution < 1.29 is 9.53 Å². The van der Waals surface area contributed by atoms with Gasteiger partial charge in [-0.25, -0.2) is 0 Å². The van der Waals surface area contributed by atoms with Crippen LogP contribution in [0.2, 0.25) is 0 Å². The highest BCUT2D eigenvalue weighted by molar-refractivity contribution is 9.10. The van der Waals surface area contributed by atoms with Crippen molar-refractivity contribution >= 4 is 32.8 Å². The van der Waals surface area contributed by atoms with Gasteiger partial charge in [-0.3, -0.25) is 4.79 Å². The zero-order valence-corrected chi connectivity index (χ0v) is 11.7. The summed E-state index contributed by atoms with van der Waals surface area (Å²) in [4.78, 5) is 14.7. The van der Waals surface area contributed by atoms with E-state index >= 15 is 0 Å². The molecule has 0 saturated carbocycles. The average Bonchev–Trinajstić information content (AvgIpc) is 2.72. The fourth-order valence-corrected chi connectivity index (χ4v) is 2.26. The second-order valence-corrected chi connectivity index (χ2v) is 4.98. The third-order valence-electron chi connectivity index (χ3n) is 2.76. The summed E-state index contributed by atoms with van der Waals surface area (Å²) < 4.78 is 5.91. The van der Waals surface area contributed by atoms with Crippen LogP contribution in [0.5, 0.6) is 0 Å². The predicted molar refractivity (Wildman–Crippen MR) is 74.3 cm³/mol. The van der Waals surface area contributed by atoms with E-state index in [4.69, 9.17) is 10.5 Å². The molecule has 4 nitrogen and oxygen atoms in total. The number of carbonyl (C=O) groups excluding carboxylic acids is 1. The number of ether oxygens (including phenoxy) is 1. The summed E-state index contributed by atoms with van der Waals surface area (Å²) in [5.41, 5.74) is 7.87. The number of aromatic nitrogens is 1. The van der Waals surface area contributed by atoms with Crippen LogP contribution in [0.25, 0.3) is 10.9 Å². The Labute approximate surface area is 114 Å². The number of benzene rings is 1. The van der Waals surface area contributed by atoms with Crippen molar-refractivity contribution in [3.05, 3.63) is 34.4 Å². The van der Waals surface area contributed by atoms with Crippen molar-refractivity contribution in [2.45, 2.75) is 19.4 Å². The average molecular weight is 311 g/mol. The predicted octanol–water partition coefficient (Wildman–Crippen LogP) is 2.36. The first kappa shape index (κ1) is 13.1. The minimum atomic E-state index is -0.618. The summed E-state index contributed by atoms with van der Waals surface area (Å²) in [5, 5.41) is 1.08. The fraction of sp³-hybridized carbons (Fsp3) is 0.308. The van der Waals surface area contributed by atoms with Crippen LogP contribution in [0, 0.1) is 0 Å². The molecule has 1 atom stereocenters. The van der Waals surface area contributed by atoms with Gasteiger partial charge >= 0.3 is 5.97 Å². The smallest absolute Gasteiger partial charge is 0.323 e. The molecule has 1 aromatic carbocycles. The Kier molecular flexibility index (Phi) is 4.04. The number of nitrogens with one attached hydrogen (secondary N) is 1. The molecule has 0 radical (unpaired) electrons. The molecule has 1 aromatic heterocycles. The summed E-state index contributed by atoms with van der Waals surface area (Å²) in [7, 11) is 0. The van der Waals surface area contributed by atoms with Gasteiger partial charge in [-0.05, 0) is 24.6 Å². The van der Waals surface area contributed by atoms with E-state index in [0.29, 0.717) is 13.0 Å².